The number of fused-ring (bicyclic) bond motifs is 3. The zero-order valence-electron chi connectivity index (χ0n) is 32.0. The number of amides is 4. The number of aryl methyl sites for hydroxylation is 1. The minimum Gasteiger partial charge on any atom is -0.508 e. The Morgan fingerprint density at radius 2 is 1.49 bits per heavy atom. The quantitative estimate of drug-likeness (QED) is 0.204. The molecule has 1 spiro atoms. The Bertz CT molecular complexity index is 2220. The number of aromatic hydroxyl groups is 1. The number of aldehydes is 1. The second kappa shape index (κ2) is 14.7. The van der Waals surface area contributed by atoms with E-state index in [9.17, 15) is 29.1 Å². The molecule has 3 fully saturated rings. The Morgan fingerprint density at radius 3 is 2.12 bits per heavy atom. The van der Waals surface area contributed by atoms with Gasteiger partial charge in [0, 0.05) is 43.9 Å². The van der Waals surface area contributed by atoms with Crippen molar-refractivity contribution in [3.8, 4) is 11.5 Å². The summed E-state index contributed by atoms with van der Waals surface area (Å²) in [5.41, 5.74) is 8.20. The molecule has 2 aliphatic carbocycles. The molecule has 0 bridgehead atoms. The monoisotopic (exact) mass is 766 g/mol. The van der Waals surface area contributed by atoms with E-state index in [1.54, 1.807) is 12.1 Å². The molecule has 4 amide bonds. The number of hydrogen-bond donors (Lipinski definition) is 2. The number of rotatable bonds is 7. The standard InChI is InChI=1S/C26H27NO2.C20H19N3O5/c1-27-16-23(17-27)29-22-11-7-19(8-12-22)26-24(18-5-3-2-4-6-18)13-9-20-15-21(28)10-14-25(20)26;24-4-3-22-9-20(10-22)7-11-5-13-14(6-12(11)8-20)19(28)23(18(13)27)15-1-2-16(25)21-17(15)26/h2-8,10-12,14-15,23-24,26,28H,9,13,16-17H2,1H3;4-6,15H,1-3,7-10H2,(H,21,25,26). The van der Waals surface area contributed by atoms with Gasteiger partial charge in [-0.2, -0.15) is 0 Å². The van der Waals surface area contributed by atoms with E-state index in [1.807, 2.05) is 12.1 Å². The van der Waals surface area contributed by atoms with Crippen LogP contribution in [0, 0.1) is 5.41 Å². The number of imide groups is 2. The average molecular weight is 767 g/mol. The van der Waals surface area contributed by atoms with Crippen molar-refractivity contribution < 1.29 is 33.8 Å². The summed E-state index contributed by atoms with van der Waals surface area (Å²) in [6, 6.07) is 28.0. The molecule has 3 atom stereocenters. The van der Waals surface area contributed by atoms with Crippen LogP contribution in [0.4, 0.5) is 0 Å². The molecule has 6 aliphatic rings. The third-order valence-corrected chi connectivity index (χ3v) is 12.7. The average Bonchev–Trinajstić information content (AvgIpc) is 3.67. The van der Waals surface area contributed by atoms with Gasteiger partial charge in [0.15, 0.2) is 0 Å². The Labute approximate surface area is 331 Å². The summed E-state index contributed by atoms with van der Waals surface area (Å²) in [6.45, 7) is 4.12. The predicted octanol–water partition coefficient (Wildman–Crippen LogP) is 4.63. The van der Waals surface area contributed by atoms with Crippen molar-refractivity contribution in [2.45, 2.75) is 62.5 Å². The maximum atomic E-state index is 12.9. The van der Waals surface area contributed by atoms with E-state index in [2.05, 4.69) is 82.8 Å². The number of hydrogen-bond acceptors (Lipinski definition) is 9. The van der Waals surface area contributed by atoms with Gasteiger partial charge in [-0.3, -0.25) is 39.2 Å². The fourth-order valence-electron chi connectivity index (χ4n) is 10.1. The molecule has 0 saturated carbocycles. The third kappa shape index (κ3) is 6.93. The van der Waals surface area contributed by atoms with Crippen molar-refractivity contribution in [2.75, 3.05) is 39.8 Å². The molecule has 0 aromatic heterocycles. The molecule has 292 valence electrons. The molecule has 3 unspecified atom stereocenters. The highest BCUT2D eigenvalue weighted by Crippen LogP contribution is 2.48. The molecule has 4 aromatic carbocycles. The van der Waals surface area contributed by atoms with Gasteiger partial charge in [-0.05, 0) is 115 Å². The summed E-state index contributed by atoms with van der Waals surface area (Å²) >= 11 is 0. The number of likely N-dealkylation sites (N-methyl/N-ethyl adjacent to an activating group) is 1. The number of phenolic OH excluding ortho intramolecular Hbond substituents is 1. The number of ether oxygens (including phenoxy) is 1. The van der Waals surface area contributed by atoms with Crippen LogP contribution in [0.5, 0.6) is 11.5 Å². The number of carbonyl (C=O) groups is 5. The van der Waals surface area contributed by atoms with Gasteiger partial charge in [0.1, 0.15) is 29.9 Å². The maximum absolute atomic E-state index is 12.9. The number of phenols is 1. The van der Waals surface area contributed by atoms with Crippen LogP contribution in [0.25, 0.3) is 0 Å². The second-order valence-corrected chi connectivity index (χ2v) is 16.8. The van der Waals surface area contributed by atoms with Gasteiger partial charge in [-0.15, -0.1) is 0 Å². The maximum Gasteiger partial charge on any atom is 0.262 e. The Hall–Kier alpha value is -5.65. The van der Waals surface area contributed by atoms with Gasteiger partial charge in [0.25, 0.3) is 11.8 Å². The van der Waals surface area contributed by atoms with Gasteiger partial charge in [0.2, 0.25) is 11.8 Å². The van der Waals surface area contributed by atoms with Crippen LogP contribution in [-0.4, -0.2) is 102 Å². The fraction of sp³-hybridized carbons (Fsp3) is 0.370. The molecule has 2 N–H and O–H groups in total. The Morgan fingerprint density at radius 1 is 0.807 bits per heavy atom. The molecule has 4 heterocycles. The molecule has 57 heavy (non-hydrogen) atoms. The summed E-state index contributed by atoms with van der Waals surface area (Å²) in [5, 5.41) is 12.2. The lowest BCUT2D eigenvalue weighted by Gasteiger charge is -2.47. The van der Waals surface area contributed by atoms with Crippen LogP contribution in [0.15, 0.2) is 84.9 Å². The van der Waals surface area contributed by atoms with Gasteiger partial charge >= 0.3 is 0 Å². The minimum atomic E-state index is -0.935. The first-order chi connectivity index (χ1) is 27.6. The van der Waals surface area contributed by atoms with E-state index in [4.69, 9.17) is 4.74 Å². The van der Waals surface area contributed by atoms with Crippen molar-refractivity contribution in [2.24, 2.45) is 5.41 Å². The van der Waals surface area contributed by atoms with Crippen molar-refractivity contribution >= 4 is 29.9 Å². The van der Waals surface area contributed by atoms with E-state index in [0.717, 1.165) is 79.9 Å². The molecular formula is C46H46N4O7. The summed E-state index contributed by atoms with van der Waals surface area (Å²) in [7, 11) is 2.12. The summed E-state index contributed by atoms with van der Waals surface area (Å²) < 4.78 is 6.08. The molecule has 0 radical (unpaired) electrons. The lowest BCUT2D eigenvalue weighted by molar-refractivity contribution is -0.136. The lowest BCUT2D eigenvalue weighted by atomic mass is 9.69. The Balaban J connectivity index is 0.000000148. The Kier molecular flexibility index (Phi) is 9.53. The largest absolute Gasteiger partial charge is 0.508 e. The van der Waals surface area contributed by atoms with E-state index in [1.165, 1.54) is 22.3 Å². The first-order valence-electron chi connectivity index (χ1n) is 19.9. The van der Waals surface area contributed by atoms with Crippen molar-refractivity contribution in [1.82, 2.24) is 20.0 Å². The first-order valence-corrected chi connectivity index (χ1v) is 19.9. The number of nitrogens with zero attached hydrogens (tertiary/aromatic N) is 3. The van der Waals surface area contributed by atoms with Crippen molar-refractivity contribution in [3.05, 3.63) is 129 Å². The van der Waals surface area contributed by atoms with Crippen molar-refractivity contribution in [3.63, 3.8) is 0 Å². The highest BCUT2D eigenvalue weighted by Gasteiger charge is 2.49. The van der Waals surface area contributed by atoms with Gasteiger partial charge in [-0.1, -0.05) is 48.5 Å². The number of piperidine rings is 1. The lowest BCUT2D eigenvalue weighted by Crippen LogP contribution is -2.57. The number of benzene rings is 4. The van der Waals surface area contributed by atoms with Crippen LogP contribution in [0.1, 0.15) is 85.2 Å². The molecule has 11 heteroatoms. The fourth-order valence-corrected chi connectivity index (χ4v) is 10.1. The highest BCUT2D eigenvalue weighted by atomic mass is 16.5. The third-order valence-electron chi connectivity index (χ3n) is 12.7. The SMILES string of the molecule is CN1CC(Oc2ccc(C3c4ccc(O)cc4CCC3c3ccccc3)cc2)C1.O=CCN1CC2(Cc3cc4c(cc3C2)C(=O)N(C2CCC(=O)NC2=O)C4=O)C1. The van der Waals surface area contributed by atoms with Gasteiger partial charge in [-0.25, -0.2) is 0 Å². The number of carbonyl (C=O) groups excluding carboxylic acids is 5. The van der Waals surface area contributed by atoms with E-state index in [0.29, 0.717) is 35.4 Å². The van der Waals surface area contributed by atoms with Crippen LogP contribution in [0.3, 0.4) is 0 Å². The molecule has 4 aromatic rings. The molecule has 10 rings (SSSR count). The van der Waals surface area contributed by atoms with E-state index in [-0.39, 0.29) is 30.1 Å². The second-order valence-electron chi connectivity index (χ2n) is 16.8. The van der Waals surface area contributed by atoms with Gasteiger partial charge < -0.3 is 14.6 Å². The topological polar surface area (TPSA) is 137 Å². The molecule has 11 nitrogen and oxygen atoms in total. The van der Waals surface area contributed by atoms with E-state index >= 15 is 0 Å². The van der Waals surface area contributed by atoms with Crippen LogP contribution < -0.4 is 10.1 Å². The van der Waals surface area contributed by atoms with Crippen molar-refractivity contribution in [1.29, 1.82) is 0 Å². The normalized spacial score (nSPS) is 23.7. The van der Waals surface area contributed by atoms with Crippen LogP contribution in [0.2, 0.25) is 0 Å². The molecule has 4 aliphatic heterocycles. The van der Waals surface area contributed by atoms with Gasteiger partial charge in [0.05, 0.1) is 17.7 Å². The van der Waals surface area contributed by atoms with E-state index < -0.39 is 23.8 Å². The number of likely N-dealkylation sites (tertiary alicyclic amines) is 2. The first kappa shape index (κ1) is 37.0. The zero-order chi connectivity index (χ0) is 39.4. The summed E-state index contributed by atoms with van der Waals surface area (Å²) in [5.74, 6) is 0.114. The highest BCUT2D eigenvalue weighted by molar-refractivity contribution is 6.23. The van der Waals surface area contributed by atoms with Crippen LogP contribution in [-0.2, 0) is 33.6 Å². The minimum absolute atomic E-state index is 0.0931. The molecular weight excluding hydrogens is 721 g/mol. The molecule has 3 saturated heterocycles. The number of nitrogens with one attached hydrogen (secondary N) is 1. The zero-order valence-corrected chi connectivity index (χ0v) is 32.0. The summed E-state index contributed by atoms with van der Waals surface area (Å²) in [6.07, 6.45) is 5.21. The smallest absolute Gasteiger partial charge is 0.262 e. The van der Waals surface area contributed by atoms with Crippen LogP contribution >= 0.6 is 0 Å². The summed E-state index contributed by atoms with van der Waals surface area (Å²) in [4.78, 5) is 65.4. The predicted molar refractivity (Wildman–Crippen MR) is 211 cm³/mol.